The van der Waals surface area contributed by atoms with Crippen LogP contribution in [0.25, 0.3) is 10.3 Å². The number of hydrogen-bond acceptors (Lipinski definition) is 2. The second kappa shape index (κ2) is 1.83. The Morgan fingerprint density at radius 3 is 3.00 bits per heavy atom. The number of nitrogens with one attached hydrogen (secondary N) is 1. The Labute approximate surface area is 62.9 Å². The molecule has 0 unspecified atom stereocenters. The number of fused-ring (bicyclic) bond motifs is 1. The van der Waals surface area contributed by atoms with Gasteiger partial charge in [0.2, 0.25) is 0 Å². The van der Waals surface area contributed by atoms with Crippen molar-refractivity contribution in [2.24, 2.45) is 0 Å². The zero-order chi connectivity index (χ0) is 7.14. The number of aromatic amines is 1. The standard InChI is InChI=1S/C7H8N2S/c1-4-3-10-7-6(4)8-5(2)9-7/h3H,1-2H3,(H,8,9). The van der Waals surface area contributed by atoms with Crippen molar-refractivity contribution < 1.29 is 0 Å². The summed E-state index contributed by atoms with van der Waals surface area (Å²) >= 11 is 1.69. The molecule has 2 aromatic heterocycles. The highest BCUT2D eigenvalue weighted by molar-refractivity contribution is 7.16. The summed E-state index contributed by atoms with van der Waals surface area (Å²) in [6, 6.07) is 0. The van der Waals surface area contributed by atoms with E-state index < -0.39 is 0 Å². The minimum Gasteiger partial charge on any atom is -0.341 e. The molecule has 0 saturated heterocycles. The van der Waals surface area contributed by atoms with Gasteiger partial charge in [-0.05, 0) is 24.8 Å². The van der Waals surface area contributed by atoms with Gasteiger partial charge in [0.05, 0.1) is 5.52 Å². The third kappa shape index (κ3) is 0.671. The van der Waals surface area contributed by atoms with E-state index in [2.05, 4.69) is 22.3 Å². The molecular formula is C7H8N2S. The van der Waals surface area contributed by atoms with Crippen LogP contribution in [0.3, 0.4) is 0 Å². The van der Waals surface area contributed by atoms with E-state index in [1.54, 1.807) is 11.3 Å². The van der Waals surface area contributed by atoms with E-state index in [0.29, 0.717) is 0 Å². The Morgan fingerprint density at radius 1 is 1.50 bits per heavy atom. The van der Waals surface area contributed by atoms with Crippen LogP contribution in [-0.4, -0.2) is 9.97 Å². The molecule has 3 heteroatoms. The molecule has 2 nitrogen and oxygen atoms in total. The molecule has 2 heterocycles. The number of H-pyrrole nitrogens is 1. The lowest BCUT2D eigenvalue weighted by atomic mass is 10.4. The van der Waals surface area contributed by atoms with Crippen LogP contribution >= 0.6 is 11.3 Å². The number of aryl methyl sites for hydroxylation is 2. The minimum atomic E-state index is 1.00. The van der Waals surface area contributed by atoms with Crippen molar-refractivity contribution in [3.05, 3.63) is 16.8 Å². The molecule has 52 valence electrons. The predicted octanol–water partition coefficient (Wildman–Crippen LogP) is 2.24. The van der Waals surface area contributed by atoms with Gasteiger partial charge in [0.1, 0.15) is 10.7 Å². The number of hydrogen-bond donors (Lipinski definition) is 1. The van der Waals surface area contributed by atoms with E-state index in [1.807, 2.05) is 6.92 Å². The van der Waals surface area contributed by atoms with E-state index in [9.17, 15) is 0 Å². The Morgan fingerprint density at radius 2 is 2.30 bits per heavy atom. The average Bonchev–Trinajstić information content (AvgIpc) is 2.35. The molecule has 0 aromatic carbocycles. The number of nitrogens with zero attached hydrogens (tertiary/aromatic N) is 1. The molecule has 0 aliphatic carbocycles. The van der Waals surface area contributed by atoms with E-state index >= 15 is 0 Å². The third-order valence-corrected chi connectivity index (χ3v) is 2.52. The quantitative estimate of drug-likeness (QED) is 0.616. The normalized spacial score (nSPS) is 11.0. The first-order valence-corrected chi connectivity index (χ1v) is 4.06. The first-order chi connectivity index (χ1) is 4.77. The summed E-state index contributed by atoms with van der Waals surface area (Å²) in [5.74, 6) is 1.00. The molecule has 1 N–H and O–H groups in total. The highest BCUT2D eigenvalue weighted by atomic mass is 32.1. The first-order valence-electron chi connectivity index (χ1n) is 3.18. The highest BCUT2D eigenvalue weighted by Gasteiger charge is 2.02. The summed E-state index contributed by atoms with van der Waals surface area (Å²) in [5.41, 5.74) is 2.49. The second-order valence-corrected chi connectivity index (χ2v) is 3.28. The predicted molar refractivity (Wildman–Crippen MR) is 43.4 cm³/mol. The summed E-state index contributed by atoms with van der Waals surface area (Å²) in [5, 5.41) is 2.12. The molecular weight excluding hydrogens is 144 g/mol. The molecule has 0 aliphatic heterocycles. The number of rotatable bonds is 0. The molecule has 2 aromatic rings. The lowest BCUT2D eigenvalue weighted by molar-refractivity contribution is 1.17. The van der Waals surface area contributed by atoms with Gasteiger partial charge >= 0.3 is 0 Å². The van der Waals surface area contributed by atoms with Gasteiger partial charge in [-0.1, -0.05) is 0 Å². The van der Waals surface area contributed by atoms with Crippen LogP contribution < -0.4 is 0 Å². The van der Waals surface area contributed by atoms with Gasteiger partial charge in [0.15, 0.2) is 0 Å². The van der Waals surface area contributed by atoms with Crippen LogP contribution in [0.1, 0.15) is 11.4 Å². The van der Waals surface area contributed by atoms with Gasteiger partial charge in [-0.2, -0.15) is 0 Å². The summed E-state index contributed by atoms with van der Waals surface area (Å²) in [6.45, 7) is 4.07. The summed E-state index contributed by atoms with van der Waals surface area (Å²) in [7, 11) is 0. The van der Waals surface area contributed by atoms with Crippen molar-refractivity contribution >= 4 is 21.7 Å². The smallest absolute Gasteiger partial charge is 0.141 e. The monoisotopic (exact) mass is 152 g/mol. The largest absolute Gasteiger partial charge is 0.341 e. The summed E-state index contributed by atoms with van der Waals surface area (Å²) in [4.78, 5) is 8.62. The molecule has 10 heavy (non-hydrogen) atoms. The fraction of sp³-hybridized carbons (Fsp3) is 0.286. The summed E-state index contributed by atoms with van der Waals surface area (Å²) < 4.78 is 0. The van der Waals surface area contributed by atoms with E-state index in [1.165, 1.54) is 11.1 Å². The van der Waals surface area contributed by atoms with Crippen LogP contribution in [-0.2, 0) is 0 Å². The number of imidazole rings is 1. The van der Waals surface area contributed by atoms with Crippen LogP contribution in [0.15, 0.2) is 5.38 Å². The molecule has 2 rings (SSSR count). The van der Waals surface area contributed by atoms with Gasteiger partial charge in [0.25, 0.3) is 0 Å². The Hall–Kier alpha value is -0.830. The van der Waals surface area contributed by atoms with Crippen molar-refractivity contribution in [2.45, 2.75) is 13.8 Å². The Bertz CT molecular complexity index is 358. The van der Waals surface area contributed by atoms with Crippen molar-refractivity contribution in [2.75, 3.05) is 0 Å². The van der Waals surface area contributed by atoms with E-state index in [4.69, 9.17) is 0 Å². The van der Waals surface area contributed by atoms with E-state index in [-0.39, 0.29) is 0 Å². The Balaban J connectivity index is 2.90. The maximum Gasteiger partial charge on any atom is 0.141 e. The molecule has 0 saturated carbocycles. The molecule has 0 aliphatic rings. The number of thiophene rings is 1. The molecule has 0 atom stereocenters. The first kappa shape index (κ1) is 5.92. The molecule has 0 spiro atoms. The fourth-order valence-corrected chi connectivity index (χ4v) is 1.95. The maximum atomic E-state index is 4.30. The zero-order valence-electron chi connectivity index (χ0n) is 5.93. The molecule has 0 radical (unpaired) electrons. The van der Waals surface area contributed by atoms with Crippen LogP contribution in [0.5, 0.6) is 0 Å². The number of aromatic nitrogens is 2. The van der Waals surface area contributed by atoms with Gasteiger partial charge in [0, 0.05) is 0 Å². The third-order valence-electron chi connectivity index (χ3n) is 1.53. The average molecular weight is 152 g/mol. The van der Waals surface area contributed by atoms with Gasteiger partial charge in [-0.15, -0.1) is 11.3 Å². The van der Waals surface area contributed by atoms with Crippen molar-refractivity contribution in [1.29, 1.82) is 0 Å². The SMILES string of the molecule is Cc1nc2scc(C)c2[nH]1. The fourth-order valence-electron chi connectivity index (χ4n) is 1.03. The van der Waals surface area contributed by atoms with Crippen molar-refractivity contribution in [3.63, 3.8) is 0 Å². The Kier molecular flexibility index (Phi) is 1.08. The minimum absolute atomic E-state index is 1.00. The van der Waals surface area contributed by atoms with Gasteiger partial charge in [-0.3, -0.25) is 0 Å². The summed E-state index contributed by atoms with van der Waals surface area (Å²) in [6.07, 6.45) is 0. The zero-order valence-corrected chi connectivity index (χ0v) is 6.75. The van der Waals surface area contributed by atoms with Crippen LogP contribution in [0, 0.1) is 13.8 Å². The molecule has 0 bridgehead atoms. The van der Waals surface area contributed by atoms with Gasteiger partial charge in [-0.25, -0.2) is 4.98 Å². The maximum absolute atomic E-state index is 4.30. The van der Waals surface area contributed by atoms with Gasteiger partial charge < -0.3 is 4.98 Å². The van der Waals surface area contributed by atoms with Crippen molar-refractivity contribution in [3.8, 4) is 0 Å². The van der Waals surface area contributed by atoms with E-state index in [0.717, 1.165) is 10.7 Å². The van der Waals surface area contributed by atoms with Crippen LogP contribution in [0.2, 0.25) is 0 Å². The molecule has 0 amide bonds. The van der Waals surface area contributed by atoms with Crippen molar-refractivity contribution in [1.82, 2.24) is 9.97 Å². The lowest BCUT2D eigenvalue weighted by Gasteiger charge is -1.79. The highest BCUT2D eigenvalue weighted by Crippen LogP contribution is 2.21. The second-order valence-electron chi connectivity index (χ2n) is 2.42. The molecule has 0 fully saturated rings. The van der Waals surface area contributed by atoms with Crippen LogP contribution in [0.4, 0.5) is 0 Å². The topological polar surface area (TPSA) is 28.7 Å². The lowest BCUT2D eigenvalue weighted by Crippen LogP contribution is -1.70.